The molecule has 0 aromatic carbocycles. The molecule has 0 saturated heterocycles. The lowest BCUT2D eigenvalue weighted by Gasteiger charge is -2.02. The minimum atomic E-state index is -3.19. The summed E-state index contributed by atoms with van der Waals surface area (Å²) in [5.41, 5.74) is 0. The molecule has 0 radical (unpaired) electrons. The van der Waals surface area contributed by atoms with Crippen LogP contribution in [0, 0.1) is 5.92 Å². The number of ether oxygens (including phenoxy) is 1. The van der Waals surface area contributed by atoms with Crippen LogP contribution in [0.3, 0.4) is 0 Å². The van der Waals surface area contributed by atoms with Gasteiger partial charge < -0.3 is 4.74 Å². The SMILES string of the molecule is COCCCS(=O)(=O)CC(=O)C1CC1. The summed E-state index contributed by atoms with van der Waals surface area (Å²) in [7, 11) is -1.66. The zero-order valence-corrected chi connectivity index (χ0v) is 9.18. The zero-order valence-electron chi connectivity index (χ0n) is 8.36. The minimum absolute atomic E-state index is 0.0344. The second kappa shape index (κ2) is 4.89. The Morgan fingerprint density at radius 2 is 2.07 bits per heavy atom. The highest BCUT2D eigenvalue weighted by Gasteiger charge is 2.32. The van der Waals surface area contributed by atoms with Crippen molar-refractivity contribution >= 4 is 15.6 Å². The second-order valence-electron chi connectivity index (χ2n) is 3.68. The lowest BCUT2D eigenvalue weighted by molar-refractivity contribution is -0.117. The van der Waals surface area contributed by atoms with Crippen LogP contribution in [-0.2, 0) is 19.4 Å². The van der Waals surface area contributed by atoms with E-state index in [1.807, 2.05) is 0 Å². The van der Waals surface area contributed by atoms with Crippen molar-refractivity contribution < 1.29 is 17.9 Å². The van der Waals surface area contributed by atoms with Gasteiger partial charge in [0, 0.05) is 19.6 Å². The fourth-order valence-electron chi connectivity index (χ4n) is 1.24. The van der Waals surface area contributed by atoms with E-state index in [1.165, 1.54) is 7.11 Å². The molecular weight excluding hydrogens is 204 g/mol. The Morgan fingerprint density at radius 3 is 2.57 bits per heavy atom. The lowest BCUT2D eigenvalue weighted by atomic mass is 10.3. The zero-order chi connectivity index (χ0) is 10.6. The molecule has 1 saturated carbocycles. The summed E-state index contributed by atoms with van der Waals surface area (Å²) in [6, 6.07) is 0. The molecule has 0 bridgehead atoms. The standard InChI is InChI=1S/C9H16O4S/c1-13-5-2-6-14(11,12)7-9(10)8-3-4-8/h8H,2-7H2,1H3. The van der Waals surface area contributed by atoms with E-state index in [-0.39, 0.29) is 23.2 Å². The Bertz CT molecular complexity index is 290. The van der Waals surface area contributed by atoms with Crippen LogP contribution >= 0.6 is 0 Å². The average molecular weight is 220 g/mol. The van der Waals surface area contributed by atoms with Gasteiger partial charge in [0.25, 0.3) is 0 Å². The normalized spacial score (nSPS) is 16.9. The fourth-order valence-corrected chi connectivity index (χ4v) is 2.61. The third-order valence-corrected chi connectivity index (χ3v) is 3.83. The topological polar surface area (TPSA) is 60.4 Å². The van der Waals surface area contributed by atoms with Crippen LogP contribution in [-0.4, -0.2) is 39.4 Å². The van der Waals surface area contributed by atoms with Crippen molar-refractivity contribution in [3.05, 3.63) is 0 Å². The van der Waals surface area contributed by atoms with Crippen molar-refractivity contribution in [2.45, 2.75) is 19.3 Å². The fraction of sp³-hybridized carbons (Fsp3) is 0.889. The van der Waals surface area contributed by atoms with Crippen LogP contribution < -0.4 is 0 Å². The number of hydrogen-bond donors (Lipinski definition) is 0. The molecule has 82 valence electrons. The van der Waals surface area contributed by atoms with E-state index in [0.29, 0.717) is 13.0 Å². The largest absolute Gasteiger partial charge is 0.385 e. The van der Waals surface area contributed by atoms with E-state index in [2.05, 4.69) is 0 Å². The van der Waals surface area contributed by atoms with Gasteiger partial charge >= 0.3 is 0 Å². The summed E-state index contributed by atoms with van der Waals surface area (Å²) in [6.45, 7) is 0.427. The minimum Gasteiger partial charge on any atom is -0.385 e. The number of hydrogen-bond acceptors (Lipinski definition) is 4. The predicted molar refractivity (Wildman–Crippen MR) is 52.9 cm³/mol. The molecule has 1 rings (SSSR count). The van der Waals surface area contributed by atoms with E-state index in [1.54, 1.807) is 0 Å². The van der Waals surface area contributed by atoms with Crippen LogP contribution in [0.1, 0.15) is 19.3 Å². The highest BCUT2D eigenvalue weighted by Crippen LogP contribution is 2.30. The maximum atomic E-state index is 11.4. The Hall–Kier alpha value is -0.420. The summed E-state index contributed by atoms with van der Waals surface area (Å²) in [6.07, 6.45) is 2.20. The molecule has 0 aromatic rings. The predicted octanol–water partition coefficient (Wildman–Crippen LogP) is 0.417. The maximum absolute atomic E-state index is 11.4. The molecular formula is C9H16O4S. The number of rotatable bonds is 7. The average Bonchev–Trinajstić information content (AvgIpc) is 2.85. The van der Waals surface area contributed by atoms with Crippen molar-refractivity contribution in [3.63, 3.8) is 0 Å². The first kappa shape index (κ1) is 11.7. The molecule has 0 N–H and O–H groups in total. The third-order valence-electron chi connectivity index (χ3n) is 2.20. The number of Topliss-reactive ketones (excluding diaryl/α,β-unsaturated/α-hetero) is 1. The quantitative estimate of drug-likeness (QED) is 0.583. The molecule has 0 spiro atoms. The molecule has 1 fully saturated rings. The molecule has 1 aliphatic carbocycles. The second-order valence-corrected chi connectivity index (χ2v) is 5.86. The number of methoxy groups -OCH3 is 1. The highest BCUT2D eigenvalue weighted by atomic mass is 32.2. The van der Waals surface area contributed by atoms with Crippen LogP contribution in [0.5, 0.6) is 0 Å². The number of carbonyl (C=O) groups is 1. The van der Waals surface area contributed by atoms with Crippen molar-refractivity contribution in [2.75, 3.05) is 25.2 Å². The van der Waals surface area contributed by atoms with E-state index in [0.717, 1.165) is 12.8 Å². The molecule has 0 atom stereocenters. The van der Waals surface area contributed by atoms with Gasteiger partial charge in [-0.05, 0) is 19.3 Å². The summed E-state index contributed by atoms with van der Waals surface area (Å²) in [5, 5.41) is 0. The first-order valence-corrected chi connectivity index (χ1v) is 6.59. The summed E-state index contributed by atoms with van der Waals surface area (Å²) >= 11 is 0. The lowest BCUT2D eigenvalue weighted by Crippen LogP contribution is -2.20. The molecule has 0 heterocycles. The van der Waals surface area contributed by atoms with Gasteiger partial charge in [-0.2, -0.15) is 0 Å². The van der Waals surface area contributed by atoms with E-state index >= 15 is 0 Å². The summed E-state index contributed by atoms with van der Waals surface area (Å²) in [5.74, 6) is -0.296. The molecule has 5 heteroatoms. The Labute approximate surface area is 84.6 Å². The third kappa shape index (κ3) is 4.19. The number of sulfone groups is 1. The molecule has 0 aliphatic heterocycles. The number of carbonyl (C=O) groups excluding carboxylic acids is 1. The van der Waals surface area contributed by atoms with E-state index < -0.39 is 9.84 Å². The van der Waals surface area contributed by atoms with Crippen LogP contribution in [0.4, 0.5) is 0 Å². The Balaban J connectivity index is 2.29. The molecule has 1 aliphatic rings. The van der Waals surface area contributed by atoms with Gasteiger partial charge in [0.1, 0.15) is 5.75 Å². The van der Waals surface area contributed by atoms with Crippen molar-refractivity contribution in [2.24, 2.45) is 5.92 Å². The van der Waals surface area contributed by atoms with Gasteiger partial charge in [-0.15, -0.1) is 0 Å². The van der Waals surface area contributed by atoms with E-state index in [9.17, 15) is 13.2 Å². The van der Waals surface area contributed by atoms with Gasteiger partial charge in [0.05, 0.1) is 5.75 Å². The Kier molecular flexibility index (Phi) is 4.07. The first-order chi connectivity index (χ1) is 6.55. The monoisotopic (exact) mass is 220 g/mol. The molecule has 14 heavy (non-hydrogen) atoms. The molecule has 0 aromatic heterocycles. The maximum Gasteiger partial charge on any atom is 0.157 e. The van der Waals surface area contributed by atoms with Crippen LogP contribution in [0.15, 0.2) is 0 Å². The van der Waals surface area contributed by atoms with Gasteiger partial charge in [0.15, 0.2) is 15.6 Å². The smallest absolute Gasteiger partial charge is 0.157 e. The molecule has 4 nitrogen and oxygen atoms in total. The van der Waals surface area contributed by atoms with Crippen molar-refractivity contribution in [1.82, 2.24) is 0 Å². The van der Waals surface area contributed by atoms with Gasteiger partial charge in [-0.1, -0.05) is 0 Å². The first-order valence-electron chi connectivity index (χ1n) is 4.77. The molecule has 0 unspecified atom stereocenters. The summed E-state index contributed by atoms with van der Waals surface area (Å²) in [4.78, 5) is 11.2. The van der Waals surface area contributed by atoms with Crippen molar-refractivity contribution in [3.8, 4) is 0 Å². The van der Waals surface area contributed by atoms with Gasteiger partial charge in [-0.25, -0.2) is 8.42 Å². The van der Waals surface area contributed by atoms with Gasteiger partial charge in [-0.3, -0.25) is 4.79 Å². The number of ketones is 1. The molecule has 0 amide bonds. The van der Waals surface area contributed by atoms with Gasteiger partial charge in [0.2, 0.25) is 0 Å². The summed E-state index contributed by atoms with van der Waals surface area (Å²) < 4.78 is 27.5. The van der Waals surface area contributed by atoms with E-state index in [4.69, 9.17) is 4.74 Å². The highest BCUT2D eigenvalue weighted by molar-refractivity contribution is 7.92. The van der Waals surface area contributed by atoms with Crippen LogP contribution in [0.2, 0.25) is 0 Å². The Morgan fingerprint density at radius 1 is 1.43 bits per heavy atom. The van der Waals surface area contributed by atoms with Crippen molar-refractivity contribution in [1.29, 1.82) is 0 Å². The van der Waals surface area contributed by atoms with Crippen LogP contribution in [0.25, 0.3) is 0 Å².